The number of piperidine rings is 1. The van der Waals surface area contributed by atoms with Crippen LogP contribution in [0.15, 0.2) is 47.8 Å². The van der Waals surface area contributed by atoms with E-state index in [0.717, 1.165) is 37.4 Å². The van der Waals surface area contributed by atoms with Gasteiger partial charge in [-0.2, -0.15) is 0 Å². The number of hydrogen-bond acceptors (Lipinski definition) is 4. The maximum Gasteiger partial charge on any atom is 0.309 e. The minimum absolute atomic E-state index is 0.405. The number of amides is 2. The second-order valence-electron chi connectivity index (χ2n) is 6.68. The molecule has 3 rings (SSSR count). The summed E-state index contributed by atoms with van der Waals surface area (Å²) in [5.74, 6) is -0.649. The van der Waals surface area contributed by atoms with Crippen molar-refractivity contribution >= 4 is 23.2 Å². The van der Waals surface area contributed by atoms with E-state index < -0.39 is 11.8 Å². The van der Waals surface area contributed by atoms with E-state index >= 15 is 0 Å². The van der Waals surface area contributed by atoms with Gasteiger partial charge in [0.1, 0.15) is 0 Å². The Morgan fingerprint density at radius 3 is 2.42 bits per heavy atom. The fraction of sp³-hybridized carbons (Fsp3) is 0.400. The lowest BCUT2D eigenvalue weighted by atomic mass is 9.96. The largest absolute Gasteiger partial charge is 0.348 e. The van der Waals surface area contributed by atoms with Gasteiger partial charge in [-0.15, -0.1) is 11.3 Å². The van der Waals surface area contributed by atoms with E-state index in [0.29, 0.717) is 19.0 Å². The number of benzene rings is 1. The minimum Gasteiger partial charge on any atom is -0.348 e. The lowest BCUT2D eigenvalue weighted by molar-refractivity contribution is -0.139. The van der Waals surface area contributed by atoms with Crippen LogP contribution in [0.4, 0.5) is 0 Å². The zero-order chi connectivity index (χ0) is 18.2. The molecule has 1 aromatic heterocycles. The molecule has 0 saturated carbocycles. The fourth-order valence-electron chi connectivity index (χ4n) is 3.17. The van der Waals surface area contributed by atoms with Gasteiger partial charge in [0.2, 0.25) is 0 Å². The third kappa shape index (κ3) is 5.68. The van der Waals surface area contributed by atoms with Crippen LogP contribution in [0.5, 0.6) is 0 Å². The summed E-state index contributed by atoms with van der Waals surface area (Å²) >= 11 is 1.56. The molecule has 1 aliphatic heterocycles. The van der Waals surface area contributed by atoms with Gasteiger partial charge in [0.05, 0.1) is 6.54 Å². The normalized spacial score (nSPS) is 15.5. The maximum absolute atomic E-state index is 11.9. The standard InChI is InChI=1S/C20H25N3O2S/c24-19(20(25)22-14-18-7-4-12-26-18)21-13-16-8-10-23(11-9-16)15-17-5-2-1-3-6-17/h1-7,12,16H,8-11,13-15H2,(H,21,24)(H,22,25). The summed E-state index contributed by atoms with van der Waals surface area (Å²) < 4.78 is 0. The molecule has 6 heteroatoms. The first-order chi connectivity index (χ1) is 12.7. The predicted octanol–water partition coefficient (Wildman–Crippen LogP) is 2.39. The minimum atomic E-state index is -0.556. The molecule has 0 aliphatic carbocycles. The van der Waals surface area contributed by atoms with Crippen molar-refractivity contribution in [1.29, 1.82) is 0 Å². The van der Waals surface area contributed by atoms with Crippen LogP contribution in [0.2, 0.25) is 0 Å². The average molecular weight is 372 g/mol. The smallest absolute Gasteiger partial charge is 0.309 e. The number of thiophene rings is 1. The molecule has 0 bridgehead atoms. The van der Waals surface area contributed by atoms with E-state index in [1.165, 1.54) is 5.56 Å². The van der Waals surface area contributed by atoms with E-state index in [1.807, 2.05) is 23.6 Å². The van der Waals surface area contributed by atoms with Crippen LogP contribution in [0.3, 0.4) is 0 Å². The Labute approximate surface area is 158 Å². The molecular formula is C20H25N3O2S. The molecular weight excluding hydrogens is 346 g/mol. The molecule has 26 heavy (non-hydrogen) atoms. The van der Waals surface area contributed by atoms with E-state index in [4.69, 9.17) is 0 Å². The van der Waals surface area contributed by atoms with Gasteiger partial charge in [0, 0.05) is 18.0 Å². The van der Waals surface area contributed by atoms with Crippen molar-refractivity contribution in [1.82, 2.24) is 15.5 Å². The Morgan fingerprint density at radius 1 is 1.00 bits per heavy atom. The zero-order valence-corrected chi connectivity index (χ0v) is 15.6. The number of nitrogens with one attached hydrogen (secondary N) is 2. The van der Waals surface area contributed by atoms with Gasteiger partial charge in [-0.3, -0.25) is 14.5 Å². The monoisotopic (exact) mass is 371 g/mol. The number of carbonyl (C=O) groups excluding carboxylic acids is 2. The summed E-state index contributed by atoms with van der Waals surface area (Å²) in [6.45, 7) is 4.01. The molecule has 2 N–H and O–H groups in total. The Morgan fingerprint density at radius 2 is 1.73 bits per heavy atom. The summed E-state index contributed by atoms with van der Waals surface area (Å²) in [6.07, 6.45) is 2.09. The zero-order valence-electron chi connectivity index (χ0n) is 14.8. The number of nitrogens with zero attached hydrogens (tertiary/aromatic N) is 1. The quantitative estimate of drug-likeness (QED) is 0.767. The Balaban J connectivity index is 1.33. The molecule has 1 aromatic carbocycles. The number of rotatable bonds is 6. The van der Waals surface area contributed by atoms with E-state index in [2.05, 4.69) is 39.8 Å². The maximum atomic E-state index is 11.9. The van der Waals surface area contributed by atoms with Gasteiger partial charge in [-0.05, 0) is 48.9 Å². The summed E-state index contributed by atoms with van der Waals surface area (Å²) in [5, 5.41) is 7.39. The third-order valence-electron chi connectivity index (χ3n) is 4.72. The topological polar surface area (TPSA) is 61.4 Å². The summed E-state index contributed by atoms with van der Waals surface area (Å²) in [5.41, 5.74) is 1.33. The molecule has 138 valence electrons. The van der Waals surface area contributed by atoms with Gasteiger partial charge in [0.25, 0.3) is 0 Å². The molecule has 1 saturated heterocycles. The predicted molar refractivity (Wildman–Crippen MR) is 104 cm³/mol. The van der Waals surface area contributed by atoms with Crippen molar-refractivity contribution in [2.75, 3.05) is 19.6 Å². The van der Waals surface area contributed by atoms with Gasteiger partial charge in [-0.25, -0.2) is 0 Å². The van der Waals surface area contributed by atoms with Crippen molar-refractivity contribution in [3.63, 3.8) is 0 Å². The molecule has 0 unspecified atom stereocenters. The number of likely N-dealkylation sites (tertiary alicyclic amines) is 1. The SMILES string of the molecule is O=C(NCc1cccs1)C(=O)NCC1CCN(Cc2ccccc2)CC1. The molecule has 2 heterocycles. The van der Waals surface area contributed by atoms with Crippen LogP contribution < -0.4 is 10.6 Å². The Hall–Kier alpha value is -2.18. The van der Waals surface area contributed by atoms with Crippen molar-refractivity contribution in [3.8, 4) is 0 Å². The molecule has 2 amide bonds. The van der Waals surface area contributed by atoms with Gasteiger partial charge < -0.3 is 10.6 Å². The highest BCUT2D eigenvalue weighted by atomic mass is 32.1. The lowest BCUT2D eigenvalue weighted by Crippen LogP contribution is -2.43. The van der Waals surface area contributed by atoms with Crippen LogP contribution in [-0.2, 0) is 22.7 Å². The molecule has 1 fully saturated rings. The van der Waals surface area contributed by atoms with Crippen molar-refractivity contribution < 1.29 is 9.59 Å². The van der Waals surface area contributed by atoms with Crippen molar-refractivity contribution in [3.05, 3.63) is 58.3 Å². The van der Waals surface area contributed by atoms with Gasteiger partial charge in [-0.1, -0.05) is 36.4 Å². The van der Waals surface area contributed by atoms with Crippen LogP contribution in [0.25, 0.3) is 0 Å². The third-order valence-corrected chi connectivity index (χ3v) is 5.59. The number of carbonyl (C=O) groups is 2. The second kappa shape index (κ2) is 9.50. The summed E-state index contributed by atoms with van der Waals surface area (Å²) in [4.78, 5) is 27.2. The van der Waals surface area contributed by atoms with Crippen molar-refractivity contribution in [2.45, 2.75) is 25.9 Å². The Kier molecular flexibility index (Phi) is 6.80. The van der Waals surface area contributed by atoms with Gasteiger partial charge >= 0.3 is 11.8 Å². The van der Waals surface area contributed by atoms with Crippen LogP contribution in [0, 0.1) is 5.92 Å². The van der Waals surface area contributed by atoms with Crippen LogP contribution in [-0.4, -0.2) is 36.3 Å². The van der Waals surface area contributed by atoms with E-state index in [-0.39, 0.29) is 0 Å². The van der Waals surface area contributed by atoms with E-state index in [9.17, 15) is 9.59 Å². The van der Waals surface area contributed by atoms with Gasteiger partial charge in [0.15, 0.2) is 0 Å². The average Bonchev–Trinajstić information content (AvgIpc) is 3.20. The molecule has 0 spiro atoms. The van der Waals surface area contributed by atoms with Crippen LogP contribution >= 0.6 is 11.3 Å². The molecule has 5 nitrogen and oxygen atoms in total. The number of hydrogen-bond donors (Lipinski definition) is 2. The first kappa shape index (κ1) is 18.6. The molecule has 1 aliphatic rings. The molecule has 0 radical (unpaired) electrons. The lowest BCUT2D eigenvalue weighted by Gasteiger charge is -2.32. The first-order valence-corrected chi connectivity index (χ1v) is 9.93. The van der Waals surface area contributed by atoms with Crippen molar-refractivity contribution in [2.24, 2.45) is 5.92 Å². The molecule has 0 atom stereocenters. The highest BCUT2D eigenvalue weighted by Gasteiger charge is 2.21. The van der Waals surface area contributed by atoms with E-state index in [1.54, 1.807) is 11.3 Å². The summed E-state index contributed by atoms with van der Waals surface area (Å²) in [6, 6.07) is 14.3. The highest BCUT2D eigenvalue weighted by molar-refractivity contribution is 7.09. The first-order valence-electron chi connectivity index (χ1n) is 9.05. The van der Waals surface area contributed by atoms with Crippen LogP contribution in [0.1, 0.15) is 23.3 Å². The second-order valence-corrected chi connectivity index (χ2v) is 7.71. The summed E-state index contributed by atoms with van der Waals surface area (Å²) in [7, 11) is 0. The molecule has 2 aromatic rings. The highest BCUT2D eigenvalue weighted by Crippen LogP contribution is 2.18. The Bertz CT molecular complexity index is 695. The fourth-order valence-corrected chi connectivity index (χ4v) is 3.81.